The Bertz CT molecular complexity index is 2690. The summed E-state index contributed by atoms with van der Waals surface area (Å²) in [5.41, 5.74) is 21.9. The second-order valence-corrected chi connectivity index (χ2v) is 25.5. The number of benzene rings is 6. The van der Waals surface area contributed by atoms with E-state index in [-0.39, 0.29) is 32.5 Å². The zero-order chi connectivity index (χ0) is 49.2. The topological polar surface area (TPSA) is 25.8 Å². The molecule has 0 aliphatic rings. The lowest BCUT2D eigenvalue weighted by atomic mass is 9.78. The normalized spacial score (nSPS) is 13.0. The molecule has 0 saturated heterocycles. The van der Waals surface area contributed by atoms with Crippen LogP contribution in [-0.4, -0.2) is 9.97 Å². The third-order valence-electron chi connectivity index (χ3n) is 13.4. The summed E-state index contributed by atoms with van der Waals surface area (Å²) in [5, 5.41) is 0. The monoisotopic (exact) mass is 887 g/mol. The number of nitrogens with zero attached hydrogens (tertiary/aromatic N) is 2. The fraction of sp³-hybridized carbons (Fsp3) is 0.385. The third kappa shape index (κ3) is 11.4. The quantitative estimate of drug-likeness (QED) is 0.166. The Balaban J connectivity index is 1.31. The van der Waals surface area contributed by atoms with Crippen LogP contribution >= 0.6 is 0 Å². The van der Waals surface area contributed by atoms with E-state index in [0.29, 0.717) is 0 Å². The highest BCUT2D eigenvalue weighted by Crippen LogP contribution is 2.41. The van der Waals surface area contributed by atoms with E-state index in [1.165, 1.54) is 77.9 Å². The number of hydrogen-bond acceptors (Lipinski definition) is 2. The van der Waals surface area contributed by atoms with Crippen LogP contribution in [0.2, 0.25) is 0 Å². The number of aryl methyl sites for hydroxylation is 1. The zero-order valence-corrected chi connectivity index (χ0v) is 44.5. The van der Waals surface area contributed by atoms with Gasteiger partial charge in [-0.2, -0.15) is 0 Å². The molecule has 7 rings (SSSR count). The van der Waals surface area contributed by atoms with Gasteiger partial charge in [-0.05, 0) is 148 Å². The molecule has 1 heterocycles. The predicted molar refractivity (Wildman–Crippen MR) is 292 cm³/mol. The van der Waals surface area contributed by atoms with E-state index in [2.05, 4.69) is 252 Å². The SMILES string of the molecule is Cc1nc(-c2cccc(-c3cc(-c4cc(C(C)(C)C)cc(C(C)(C)C)c4)cc(C(C)(C)C)c3)c2)cc(-c2cccc(-c3cc(-c4cc(C(C)(C)C)cc(C(C)(C)C)c4)cc(C(C)(C)C)c3)c2)n1. The smallest absolute Gasteiger partial charge is 0.126 e. The molecule has 0 bridgehead atoms. The lowest BCUT2D eigenvalue weighted by Crippen LogP contribution is -2.16. The first kappa shape index (κ1) is 49.3. The molecule has 0 fully saturated rings. The average Bonchev–Trinajstić information content (AvgIpc) is 3.24. The second-order valence-electron chi connectivity index (χ2n) is 25.5. The van der Waals surface area contributed by atoms with Crippen LogP contribution in [0, 0.1) is 6.92 Å². The van der Waals surface area contributed by atoms with Crippen LogP contribution < -0.4 is 0 Å². The van der Waals surface area contributed by atoms with Gasteiger partial charge in [-0.15, -0.1) is 0 Å². The minimum absolute atomic E-state index is 0.0292. The summed E-state index contributed by atoms with van der Waals surface area (Å²) in [6, 6.07) is 48.8. The van der Waals surface area contributed by atoms with E-state index >= 15 is 0 Å². The molecule has 348 valence electrons. The molecule has 0 unspecified atom stereocenters. The fourth-order valence-corrected chi connectivity index (χ4v) is 8.69. The van der Waals surface area contributed by atoms with E-state index in [9.17, 15) is 0 Å². The molecular formula is C65H78N2. The lowest BCUT2D eigenvalue weighted by Gasteiger charge is -2.27. The van der Waals surface area contributed by atoms with Crippen LogP contribution in [0.15, 0.2) is 127 Å². The molecule has 67 heavy (non-hydrogen) atoms. The second kappa shape index (κ2) is 17.5. The van der Waals surface area contributed by atoms with E-state index in [1.54, 1.807) is 0 Å². The van der Waals surface area contributed by atoms with Gasteiger partial charge in [0.1, 0.15) is 5.82 Å². The number of hydrogen-bond donors (Lipinski definition) is 0. The average molecular weight is 887 g/mol. The molecule has 0 amide bonds. The Hall–Kier alpha value is -5.60. The highest BCUT2D eigenvalue weighted by Gasteiger charge is 2.25. The van der Waals surface area contributed by atoms with Crippen LogP contribution in [0.25, 0.3) is 67.0 Å². The van der Waals surface area contributed by atoms with Crippen molar-refractivity contribution in [1.29, 1.82) is 0 Å². The predicted octanol–water partition coefficient (Wildman–Crippen LogP) is 18.6. The standard InChI is InChI=1S/C65H78N2/c1-41-66-58(44-24-20-22-42(26-44)46-28-48(32-52(30-46)60(2,3)4)50-34-54(62(8,9)10)38-55(35-50)63(11,12)13)40-59(67-41)45-25-21-23-43(27-45)47-29-49(33-53(31-47)61(5,6)7)51-36-56(64(14,15)16)39-57(37-51)65(17,18)19/h20-40H,1-19H3. The van der Waals surface area contributed by atoms with Crippen molar-refractivity contribution in [3.8, 4) is 67.0 Å². The van der Waals surface area contributed by atoms with Gasteiger partial charge in [-0.3, -0.25) is 0 Å². The summed E-state index contributed by atoms with van der Waals surface area (Å²) in [6.07, 6.45) is 0. The largest absolute Gasteiger partial charge is 0.233 e. The number of rotatable bonds is 6. The molecular weight excluding hydrogens is 809 g/mol. The van der Waals surface area contributed by atoms with Gasteiger partial charge in [-0.1, -0.05) is 222 Å². The first-order valence-corrected chi connectivity index (χ1v) is 24.5. The minimum Gasteiger partial charge on any atom is -0.233 e. The summed E-state index contributed by atoms with van der Waals surface area (Å²) < 4.78 is 0. The summed E-state index contributed by atoms with van der Waals surface area (Å²) in [6.45, 7) is 43.7. The van der Waals surface area contributed by atoms with Gasteiger partial charge in [-0.25, -0.2) is 9.97 Å². The molecule has 1 aromatic heterocycles. The van der Waals surface area contributed by atoms with Gasteiger partial charge >= 0.3 is 0 Å². The molecule has 0 aliphatic carbocycles. The van der Waals surface area contributed by atoms with Gasteiger partial charge in [0.05, 0.1) is 11.4 Å². The molecule has 0 saturated carbocycles. The van der Waals surface area contributed by atoms with Crippen LogP contribution in [0.1, 0.15) is 164 Å². The molecule has 6 aromatic carbocycles. The van der Waals surface area contributed by atoms with E-state index < -0.39 is 0 Å². The Kier molecular flexibility index (Phi) is 12.9. The molecule has 0 atom stereocenters. The molecule has 0 aliphatic heterocycles. The Morgan fingerprint density at radius 1 is 0.239 bits per heavy atom. The first-order chi connectivity index (χ1) is 30.8. The van der Waals surface area contributed by atoms with Crippen molar-refractivity contribution in [2.45, 2.75) is 164 Å². The summed E-state index contributed by atoms with van der Waals surface area (Å²) in [4.78, 5) is 10.1. The van der Waals surface area contributed by atoms with Crippen molar-refractivity contribution >= 4 is 0 Å². The van der Waals surface area contributed by atoms with Gasteiger partial charge in [0.2, 0.25) is 0 Å². The van der Waals surface area contributed by atoms with Crippen molar-refractivity contribution in [2.75, 3.05) is 0 Å². The molecule has 2 heteroatoms. The highest BCUT2D eigenvalue weighted by atomic mass is 14.9. The Labute approximate surface area is 405 Å². The maximum absolute atomic E-state index is 5.05. The zero-order valence-electron chi connectivity index (χ0n) is 44.5. The van der Waals surface area contributed by atoms with Gasteiger partial charge < -0.3 is 0 Å². The van der Waals surface area contributed by atoms with E-state index in [4.69, 9.17) is 9.97 Å². The fourth-order valence-electron chi connectivity index (χ4n) is 8.69. The minimum atomic E-state index is -0.0349. The van der Waals surface area contributed by atoms with Crippen molar-refractivity contribution in [3.63, 3.8) is 0 Å². The van der Waals surface area contributed by atoms with Crippen LogP contribution in [-0.2, 0) is 32.5 Å². The van der Waals surface area contributed by atoms with Gasteiger partial charge in [0.15, 0.2) is 0 Å². The summed E-state index contributed by atoms with van der Waals surface area (Å²) in [7, 11) is 0. The van der Waals surface area contributed by atoms with Crippen molar-refractivity contribution < 1.29 is 0 Å². The molecule has 0 spiro atoms. The van der Waals surface area contributed by atoms with Gasteiger partial charge in [0, 0.05) is 11.1 Å². The van der Waals surface area contributed by atoms with Crippen LogP contribution in [0.5, 0.6) is 0 Å². The number of aromatic nitrogens is 2. The Morgan fingerprint density at radius 3 is 0.716 bits per heavy atom. The highest BCUT2D eigenvalue weighted by molar-refractivity contribution is 5.81. The van der Waals surface area contributed by atoms with Crippen molar-refractivity contribution in [2.24, 2.45) is 0 Å². The maximum Gasteiger partial charge on any atom is 0.126 e. The summed E-state index contributed by atoms with van der Waals surface area (Å²) in [5.74, 6) is 0.749. The lowest BCUT2D eigenvalue weighted by molar-refractivity contribution is 0.568. The third-order valence-corrected chi connectivity index (χ3v) is 13.4. The molecule has 0 N–H and O–H groups in total. The van der Waals surface area contributed by atoms with Crippen molar-refractivity contribution in [1.82, 2.24) is 9.97 Å². The van der Waals surface area contributed by atoms with Crippen molar-refractivity contribution in [3.05, 3.63) is 167 Å². The molecule has 2 nitrogen and oxygen atoms in total. The molecule has 7 aromatic rings. The van der Waals surface area contributed by atoms with Gasteiger partial charge in [0.25, 0.3) is 0 Å². The maximum atomic E-state index is 5.05. The summed E-state index contributed by atoms with van der Waals surface area (Å²) >= 11 is 0. The molecule has 0 radical (unpaired) electrons. The Morgan fingerprint density at radius 2 is 0.448 bits per heavy atom. The van der Waals surface area contributed by atoms with Crippen LogP contribution in [0.4, 0.5) is 0 Å². The van der Waals surface area contributed by atoms with E-state index in [0.717, 1.165) is 28.3 Å². The first-order valence-electron chi connectivity index (χ1n) is 24.5. The van der Waals surface area contributed by atoms with Crippen LogP contribution in [0.3, 0.4) is 0 Å². The van der Waals surface area contributed by atoms with E-state index in [1.807, 2.05) is 6.92 Å².